The molecule has 13 heavy (non-hydrogen) atoms. The molecule has 0 atom stereocenters. The Kier molecular flexibility index (Phi) is 9.45. The van der Waals surface area contributed by atoms with Crippen molar-refractivity contribution in [1.82, 2.24) is 0 Å². The molecule has 0 bridgehead atoms. The Morgan fingerprint density at radius 2 is 1.38 bits per heavy atom. The second-order valence-electron chi connectivity index (χ2n) is 3.51. The zero-order valence-corrected chi connectivity index (χ0v) is 11.0. The van der Waals surface area contributed by atoms with E-state index in [0.29, 0.717) is 5.78 Å². The maximum absolute atomic E-state index is 11.8. The van der Waals surface area contributed by atoms with Crippen LogP contribution in [-0.2, 0) is 26.5 Å². The Bertz CT molecular complexity index is 131. The van der Waals surface area contributed by atoms with Gasteiger partial charge in [0.25, 0.3) is 0 Å². The molecule has 0 aromatic carbocycles. The molecule has 0 spiro atoms. The molecule has 0 saturated heterocycles. The Morgan fingerprint density at radius 1 is 1.00 bits per heavy atom. The maximum atomic E-state index is 11.8. The van der Waals surface area contributed by atoms with Gasteiger partial charge in [-0.05, 0) is 25.7 Å². The molecule has 0 radical (unpaired) electrons. The predicted octanol–water partition coefficient (Wildman–Crippen LogP) is 3.57. The van der Waals surface area contributed by atoms with Crippen molar-refractivity contribution in [1.29, 1.82) is 0 Å². The molecule has 0 rings (SSSR count). The molecule has 0 heterocycles. The molecule has 0 aliphatic carbocycles. The molecule has 0 aromatic rings. The predicted molar refractivity (Wildman–Crippen MR) is 53.2 cm³/mol. The fourth-order valence-electron chi connectivity index (χ4n) is 1.83. The summed E-state index contributed by atoms with van der Waals surface area (Å²) < 4.78 is 0. The van der Waals surface area contributed by atoms with Crippen LogP contribution in [0.25, 0.3) is 0 Å². The molecule has 0 N–H and O–H groups in total. The first kappa shape index (κ1) is 15.8. The second-order valence-corrected chi connectivity index (χ2v) is 3.51. The van der Waals surface area contributed by atoms with E-state index in [-0.39, 0.29) is 27.1 Å². The van der Waals surface area contributed by atoms with Gasteiger partial charge in [-0.15, -0.1) is 0 Å². The number of rotatable bonds is 6. The molecule has 2 heteroatoms. The van der Waals surface area contributed by atoms with Gasteiger partial charge in [-0.1, -0.05) is 27.7 Å². The first-order valence-corrected chi connectivity index (χ1v) is 5.20. The largest absolute Gasteiger partial charge is 0.299 e. The van der Waals surface area contributed by atoms with Crippen molar-refractivity contribution < 1.29 is 26.5 Å². The monoisotopic (exact) mass is 218 g/mol. The molecule has 1 nitrogen and oxygen atoms in total. The average molecular weight is 218 g/mol. The van der Waals surface area contributed by atoms with Gasteiger partial charge in [0.15, 0.2) is 0 Å². The van der Waals surface area contributed by atoms with Gasteiger partial charge >= 0.3 is 0 Å². The van der Waals surface area contributed by atoms with Crippen LogP contribution in [-0.4, -0.2) is 5.78 Å². The third-order valence-corrected chi connectivity index (χ3v) is 3.10. The SMILES string of the molecule is CCCC(=O)C(CC)(CC)CC.[Ti]. The summed E-state index contributed by atoms with van der Waals surface area (Å²) in [5, 5.41) is 0. The molecule has 0 unspecified atom stereocenters. The summed E-state index contributed by atoms with van der Waals surface area (Å²) in [5.41, 5.74) is -0.00396. The van der Waals surface area contributed by atoms with Gasteiger partial charge in [0.05, 0.1) is 0 Å². The zero-order chi connectivity index (χ0) is 9.61. The summed E-state index contributed by atoms with van der Waals surface area (Å²) in [6.45, 7) is 8.45. The summed E-state index contributed by atoms with van der Waals surface area (Å²) in [7, 11) is 0. The topological polar surface area (TPSA) is 17.1 Å². The zero-order valence-electron chi connectivity index (χ0n) is 9.44. The Labute approximate surface area is 97.6 Å². The van der Waals surface area contributed by atoms with Gasteiger partial charge in [0.2, 0.25) is 0 Å². The standard InChI is InChI=1S/C11H22O.Ti/c1-5-9-10(12)11(6-2,7-3)8-4;/h5-9H2,1-4H3;. The molecule has 0 fully saturated rings. The van der Waals surface area contributed by atoms with Crippen LogP contribution in [0.5, 0.6) is 0 Å². The van der Waals surface area contributed by atoms with Gasteiger partial charge in [0, 0.05) is 33.6 Å². The van der Waals surface area contributed by atoms with Crippen LogP contribution in [0, 0.1) is 5.41 Å². The van der Waals surface area contributed by atoms with Crippen molar-refractivity contribution in [2.75, 3.05) is 0 Å². The van der Waals surface area contributed by atoms with Crippen molar-refractivity contribution in [3.8, 4) is 0 Å². The van der Waals surface area contributed by atoms with Crippen molar-refractivity contribution in [2.24, 2.45) is 5.41 Å². The molecule has 0 saturated carbocycles. The normalized spacial score (nSPS) is 10.8. The minimum atomic E-state index is -0.00396. The third-order valence-electron chi connectivity index (χ3n) is 3.10. The fraction of sp³-hybridized carbons (Fsp3) is 0.909. The summed E-state index contributed by atoms with van der Waals surface area (Å²) in [6.07, 6.45) is 4.74. The Hall–Kier alpha value is 0.384. The van der Waals surface area contributed by atoms with E-state index in [9.17, 15) is 4.79 Å². The molecular weight excluding hydrogens is 196 g/mol. The number of hydrogen-bond acceptors (Lipinski definition) is 1. The molecule has 0 aliphatic rings. The fourth-order valence-corrected chi connectivity index (χ4v) is 1.83. The van der Waals surface area contributed by atoms with Crippen molar-refractivity contribution in [3.63, 3.8) is 0 Å². The summed E-state index contributed by atoms with van der Waals surface area (Å²) in [6, 6.07) is 0. The first-order chi connectivity index (χ1) is 5.66. The first-order valence-electron chi connectivity index (χ1n) is 5.20. The minimum Gasteiger partial charge on any atom is -0.299 e. The van der Waals surface area contributed by atoms with E-state index in [0.717, 1.165) is 32.1 Å². The summed E-state index contributed by atoms with van der Waals surface area (Å²) in [4.78, 5) is 11.8. The molecule has 76 valence electrons. The number of Topliss-reactive ketones (excluding diaryl/α,β-unsaturated/α-hetero) is 1. The van der Waals surface area contributed by atoms with Crippen LogP contribution < -0.4 is 0 Å². The molecule has 0 aliphatic heterocycles. The van der Waals surface area contributed by atoms with Gasteiger partial charge in [-0.2, -0.15) is 0 Å². The van der Waals surface area contributed by atoms with Crippen molar-refractivity contribution in [2.45, 2.75) is 59.8 Å². The second kappa shape index (κ2) is 7.76. The quantitative estimate of drug-likeness (QED) is 0.623. The van der Waals surface area contributed by atoms with E-state index in [2.05, 4.69) is 27.7 Å². The van der Waals surface area contributed by atoms with Gasteiger partial charge < -0.3 is 0 Å². The van der Waals surface area contributed by atoms with E-state index in [1.54, 1.807) is 0 Å². The van der Waals surface area contributed by atoms with E-state index in [4.69, 9.17) is 0 Å². The Morgan fingerprint density at radius 3 is 1.62 bits per heavy atom. The van der Waals surface area contributed by atoms with Gasteiger partial charge in [-0.3, -0.25) is 4.79 Å². The van der Waals surface area contributed by atoms with E-state index >= 15 is 0 Å². The van der Waals surface area contributed by atoms with Gasteiger partial charge in [-0.25, -0.2) is 0 Å². The average Bonchev–Trinajstić information content (AvgIpc) is 2.09. The Balaban J connectivity index is 0. The van der Waals surface area contributed by atoms with Crippen LogP contribution in [0.3, 0.4) is 0 Å². The number of hydrogen-bond donors (Lipinski definition) is 0. The molecule has 0 amide bonds. The summed E-state index contributed by atoms with van der Waals surface area (Å²) >= 11 is 0. The number of carbonyl (C=O) groups excluding carboxylic acids is 1. The van der Waals surface area contributed by atoms with Crippen LogP contribution in [0.4, 0.5) is 0 Å². The number of ketones is 1. The van der Waals surface area contributed by atoms with Gasteiger partial charge in [0.1, 0.15) is 5.78 Å². The molecular formula is C11H22OTi. The van der Waals surface area contributed by atoms with E-state index in [1.165, 1.54) is 0 Å². The van der Waals surface area contributed by atoms with Crippen molar-refractivity contribution in [3.05, 3.63) is 0 Å². The van der Waals surface area contributed by atoms with Crippen LogP contribution in [0.15, 0.2) is 0 Å². The minimum absolute atomic E-state index is 0. The van der Waals surface area contributed by atoms with Crippen LogP contribution in [0.2, 0.25) is 0 Å². The van der Waals surface area contributed by atoms with Crippen molar-refractivity contribution >= 4 is 5.78 Å². The molecule has 0 aromatic heterocycles. The van der Waals surface area contributed by atoms with Crippen LogP contribution in [0.1, 0.15) is 59.8 Å². The smallest absolute Gasteiger partial charge is 0.138 e. The van der Waals surface area contributed by atoms with Crippen LogP contribution >= 0.6 is 0 Å². The summed E-state index contributed by atoms with van der Waals surface area (Å²) in [5.74, 6) is 0.470. The van der Waals surface area contributed by atoms with E-state index < -0.39 is 0 Å². The maximum Gasteiger partial charge on any atom is 0.138 e. The third kappa shape index (κ3) is 3.95. The number of carbonyl (C=O) groups is 1. The van der Waals surface area contributed by atoms with E-state index in [1.807, 2.05) is 0 Å².